The highest BCUT2D eigenvalue weighted by molar-refractivity contribution is 6.02. The first kappa shape index (κ1) is 12.4. The van der Waals surface area contributed by atoms with E-state index in [4.69, 9.17) is 0 Å². The average Bonchev–Trinajstić information content (AvgIpc) is 2.28. The lowest BCUT2D eigenvalue weighted by atomic mass is 10.0. The largest absolute Gasteiger partial charge is 0.363 e. The number of likely N-dealkylation sites (N-methyl/N-ethyl adjacent to an activating group) is 1. The van der Waals surface area contributed by atoms with Gasteiger partial charge in [-0.3, -0.25) is 9.78 Å². The van der Waals surface area contributed by atoms with Crippen LogP contribution in [0.25, 0.3) is 5.57 Å². The van der Waals surface area contributed by atoms with Crippen LogP contribution >= 0.6 is 0 Å². The zero-order valence-corrected chi connectivity index (χ0v) is 10.9. The van der Waals surface area contributed by atoms with Crippen LogP contribution in [-0.2, 0) is 4.79 Å². The molecule has 4 heteroatoms. The molecule has 1 aromatic rings. The summed E-state index contributed by atoms with van der Waals surface area (Å²) in [6.07, 6.45) is 5.40. The van der Waals surface area contributed by atoms with Crippen molar-refractivity contribution in [3.05, 3.63) is 36.2 Å². The van der Waals surface area contributed by atoms with E-state index in [1.54, 1.807) is 12.3 Å². The van der Waals surface area contributed by atoms with E-state index in [1.165, 1.54) is 0 Å². The normalized spacial score (nSPS) is 15.2. The molecule has 94 valence electrons. The van der Waals surface area contributed by atoms with E-state index in [1.807, 2.05) is 31.9 Å². The van der Waals surface area contributed by atoms with Crippen molar-refractivity contribution in [3.63, 3.8) is 0 Å². The third kappa shape index (κ3) is 2.01. The zero-order valence-electron chi connectivity index (χ0n) is 10.9. The van der Waals surface area contributed by atoms with Crippen LogP contribution in [0.4, 0.5) is 11.4 Å². The van der Waals surface area contributed by atoms with Gasteiger partial charge in [-0.05, 0) is 19.4 Å². The molecule has 0 spiro atoms. The van der Waals surface area contributed by atoms with Gasteiger partial charge in [0, 0.05) is 12.6 Å². The number of nitrogens with zero attached hydrogens (tertiary/aromatic N) is 2. The summed E-state index contributed by atoms with van der Waals surface area (Å²) >= 11 is 0. The first-order chi connectivity index (χ1) is 8.54. The van der Waals surface area contributed by atoms with Crippen molar-refractivity contribution < 1.29 is 4.79 Å². The molecule has 0 unspecified atom stereocenters. The van der Waals surface area contributed by atoms with Crippen molar-refractivity contribution in [1.82, 2.24) is 4.98 Å². The lowest BCUT2D eigenvalue weighted by Crippen LogP contribution is -2.36. The van der Waals surface area contributed by atoms with Crippen LogP contribution in [0.2, 0.25) is 0 Å². The van der Waals surface area contributed by atoms with Gasteiger partial charge in [0.2, 0.25) is 5.91 Å². The Labute approximate surface area is 107 Å². The van der Waals surface area contributed by atoms with E-state index in [9.17, 15) is 4.79 Å². The molecule has 0 radical (unpaired) electrons. The number of carbonyl (C=O) groups excluding carboxylic acids is 1. The number of fused-ring (bicyclic) bond motifs is 1. The summed E-state index contributed by atoms with van der Waals surface area (Å²) in [6.45, 7) is 8.10. The van der Waals surface area contributed by atoms with Crippen LogP contribution in [0.5, 0.6) is 0 Å². The number of carbonyl (C=O) groups is 1. The van der Waals surface area contributed by atoms with Gasteiger partial charge < -0.3 is 10.2 Å². The van der Waals surface area contributed by atoms with Crippen LogP contribution in [-0.4, -0.2) is 24.5 Å². The minimum atomic E-state index is -0.00249. The maximum absolute atomic E-state index is 11.5. The summed E-state index contributed by atoms with van der Waals surface area (Å²) in [5.41, 5.74) is 4.90. The molecule has 1 aliphatic rings. The maximum atomic E-state index is 11.5. The number of hydrogen-bond donors (Lipinski definition) is 1. The fraction of sp³-hybridized carbons (Fsp3) is 0.286. The number of rotatable bonds is 2. The van der Waals surface area contributed by atoms with Gasteiger partial charge in [0.1, 0.15) is 0 Å². The molecule has 18 heavy (non-hydrogen) atoms. The molecule has 2 rings (SSSR count). The smallest absolute Gasteiger partial charge is 0.243 e. The summed E-state index contributed by atoms with van der Waals surface area (Å²) in [6, 6.07) is 0. The molecule has 0 aromatic carbocycles. The second-order valence-electron chi connectivity index (χ2n) is 4.48. The fourth-order valence-corrected chi connectivity index (χ4v) is 2.32. The molecule has 1 aliphatic heterocycles. The Balaban J connectivity index is 2.57. The van der Waals surface area contributed by atoms with Crippen molar-refractivity contribution in [2.45, 2.75) is 13.8 Å². The van der Waals surface area contributed by atoms with E-state index < -0.39 is 0 Å². The van der Waals surface area contributed by atoms with E-state index in [0.29, 0.717) is 6.54 Å². The van der Waals surface area contributed by atoms with Gasteiger partial charge in [-0.1, -0.05) is 18.7 Å². The maximum Gasteiger partial charge on any atom is 0.243 e. The standard InChI is InChI=1S/C14H17N3O/c1-5-6-9(2)13-10(3)14-11(7-15-13)16-12(18)8-17(14)4/h5-7H,1,8H2,2-4H3,(H,16,18)/b9-6-. The van der Waals surface area contributed by atoms with Gasteiger partial charge in [0.25, 0.3) is 0 Å². The predicted molar refractivity (Wildman–Crippen MR) is 74.7 cm³/mol. The monoisotopic (exact) mass is 243 g/mol. The number of hydrogen-bond acceptors (Lipinski definition) is 3. The van der Waals surface area contributed by atoms with Gasteiger partial charge in [0.15, 0.2) is 0 Å². The van der Waals surface area contributed by atoms with Crippen molar-refractivity contribution in [2.75, 3.05) is 23.8 Å². The van der Waals surface area contributed by atoms with E-state index in [0.717, 1.165) is 28.2 Å². The van der Waals surface area contributed by atoms with Crippen LogP contribution in [0.15, 0.2) is 24.9 Å². The second kappa shape index (κ2) is 4.64. The molecule has 1 aromatic heterocycles. The Kier molecular flexibility index (Phi) is 3.19. The summed E-state index contributed by atoms with van der Waals surface area (Å²) < 4.78 is 0. The van der Waals surface area contributed by atoms with Gasteiger partial charge in [-0.25, -0.2) is 0 Å². The molecule has 1 N–H and O–H groups in total. The number of nitrogens with one attached hydrogen (secondary N) is 1. The molecule has 0 atom stereocenters. The van der Waals surface area contributed by atoms with Gasteiger partial charge in [-0.2, -0.15) is 0 Å². The van der Waals surface area contributed by atoms with Crippen LogP contribution < -0.4 is 10.2 Å². The molecule has 1 amide bonds. The number of pyridine rings is 1. The minimum absolute atomic E-state index is 0.00249. The highest BCUT2D eigenvalue weighted by Crippen LogP contribution is 2.34. The first-order valence-corrected chi connectivity index (χ1v) is 5.85. The van der Waals surface area contributed by atoms with Crippen LogP contribution in [0.1, 0.15) is 18.2 Å². The molecule has 4 nitrogen and oxygen atoms in total. The lowest BCUT2D eigenvalue weighted by Gasteiger charge is -2.29. The minimum Gasteiger partial charge on any atom is -0.363 e. The van der Waals surface area contributed by atoms with E-state index >= 15 is 0 Å². The first-order valence-electron chi connectivity index (χ1n) is 5.85. The number of aromatic nitrogens is 1. The Morgan fingerprint density at radius 2 is 2.33 bits per heavy atom. The fourth-order valence-electron chi connectivity index (χ4n) is 2.32. The van der Waals surface area contributed by atoms with Crippen molar-refractivity contribution in [1.29, 1.82) is 0 Å². The third-order valence-corrected chi connectivity index (χ3v) is 3.07. The molecule has 0 saturated heterocycles. The molecular formula is C14H17N3O. The van der Waals surface area contributed by atoms with E-state index in [2.05, 4.69) is 16.9 Å². The third-order valence-electron chi connectivity index (χ3n) is 3.07. The highest BCUT2D eigenvalue weighted by Gasteiger charge is 2.23. The van der Waals surface area contributed by atoms with Gasteiger partial charge >= 0.3 is 0 Å². The van der Waals surface area contributed by atoms with Crippen LogP contribution in [0, 0.1) is 6.92 Å². The molecular weight excluding hydrogens is 226 g/mol. The number of allylic oxidation sites excluding steroid dienone is 3. The quantitative estimate of drug-likeness (QED) is 0.811. The molecule has 0 bridgehead atoms. The van der Waals surface area contributed by atoms with Gasteiger partial charge in [0.05, 0.1) is 29.8 Å². The van der Waals surface area contributed by atoms with Crippen LogP contribution in [0.3, 0.4) is 0 Å². The number of anilines is 2. The number of amides is 1. The Hall–Kier alpha value is -2.10. The molecule has 0 fully saturated rings. The summed E-state index contributed by atoms with van der Waals surface area (Å²) in [5.74, 6) is -0.00249. The second-order valence-corrected chi connectivity index (χ2v) is 4.48. The Morgan fingerprint density at radius 1 is 1.61 bits per heavy atom. The predicted octanol–water partition coefficient (Wildman–Crippen LogP) is 2.37. The molecule has 0 aliphatic carbocycles. The zero-order chi connectivity index (χ0) is 13.3. The van der Waals surface area contributed by atoms with E-state index in [-0.39, 0.29) is 5.91 Å². The average molecular weight is 243 g/mol. The topological polar surface area (TPSA) is 45.2 Å². The summed E-state index contributed by atoms with van der Waals surface area (Å²) in [5, 5.41) is 2.85. The summed E-state index contributed by atoms with van der Waals surface area (Å²) in [4.78, 5) is 17.8. The SMILES string of the molecule is C=C/C=C(/C)c1ncc2c(c1C)N(C)CC(=O)N2. The lowest BCUT2D eigenvalue weighted by molar-refractivity contribution is -0.115. The van der Waals surface area contributed by atoms with Crippen molar-refractivity contribution in [2.24, 2.45) is 0 Å². The van der Waals surface area contributed by atoms with Gasteiger partial charge in [-0.15, -0.1) is 0 Å². The molecule has 0 saturated carbocycles. The highest BCUT2D eigenvalue weighted by atomic mass is 16.2. The summed E-state index contributed by atoms with van der Waals surface area (Å²) in [7, 11) is 1.92. The van der Waals surface area contributed by atoms with Crippen molar-refractivity contribution in [3.8, 4) is 0 Å². The Bertz CT molecular complexity index is 546. The van der Waals surface area contributed by atoms with Crippen molar-refractivity contribution >= 4 is 22.9 Å². The molecule has 2 heterocycles. The Morgan fingerprint density at radius 3 is 3.00 bits per heavy atom.